The number of hydrazone groups is 1. The van der Waals surface area contributed by atoms with Crippen LogP contribution in [0.5, 0.6) is 0 Å². The molecule has 142 valence electrons. The molecule has 28 heavy (non-hydrogen) atoms. The van der Waals surface area contributed by atoms with Crippen molar-refractivity contribution in [2.24, 2.45) is 27.7 Å². The summed E-state index contributed by atoms with van der Waals surface area (Å²) in [5.41, 5.74) is 2.86. The number of amidine groups is 1. The van der Waals surface area contributed by atoms with Gasteiger partial charge in [-0.25, -0.2) is 20.8 Å². The van der Waals surface area contributed by atoms with Gasteiger partial charge >= 0.3 is 0 Å². The Labute approximate surface area is 165 Å². The first-order chi connectivity index (χ1) is 13.6. The Morgan fingerprint density at radius 3 is 1.93 bits per heavy atom. The number of pyridine rings is 1. The first-order valence-electron chi connectivity index (χ1n) is 9.09. The molecule has 3 aromatic rings. The fourth-order valence-corrected chi connectivity index (χ4v) is 2.82. The molecule has 4 N–H and O–H groups in total. The summed E-state index contributed by atoms with van der Waals surface area (Å²) < 4.78 is 0. The number of hydrogen-bond acceptors (Lipinski definition) is 5. The highest BCUT2D eigenvalue weighted by Crippen LogP contribution is 2.20. The van der Waals surface area contributed by atoms with E-state index in [2.05, 4.69) is 10.1 Å². The van der Waals surface area contributed by atoms with E-state index in [1.165, 1.54) is 5.01 Å². The minimum Gasteiger partial charge on any atom is -0.322 e. The second kappa shape index (κ2) is 8.92. The van der Waals surface area contributed by atoms with E-state index in [-0.39, 0.29) is 5.92 Å². The third kappa shape index (κ3) is 4.42. The maximum absolute atomic E-state index is 6.18. The lowest BCUT2D eigenvalue weighted by atomic mass is 10.0. The van der Waals surface area contributed by atoms with Gasteiger partial charge in [-0.1, -0.05) is 80.6 Å². The zero-order chi connectivity index (χ0) is 19.9. The molecule has 3 rings (SSSR count). The Morgan fingerprint density at radius 1 is 0.857 bits per heavy atom. The number of nitrogens with zero attached hydrogens (tertiary/aromatic N) is 4. The van der Waals surface area contributed by atoms with E-state index in [1.54, 1.807) is 6.07 Å². The molecule has 0 amide bonds. The second-order valence-corrected chi connectivity index (χ2v) is 6.56. The van der Waals surface area contributed by atoms with Crippen LogP contribution in [0.25, 0.3) is 0 Å². The molecule has 1 aromatic heterocycles. The molecule has 0 spiro atoms. The lowest BCUT2D eigenvalue weighted by Gasteiger charge is -2.21. The predicted octanol–water partition coefficient (Wildman–Crippen LogP) is 3.86. The van der Waals surface area contributed by atoms with E-state index < -0.39 is 0 Å². The van der Waals surface area contributed by atoms with E-state index in [0.717, 1.165) is 16.8 Å². The first kappa shape index (κ1) is 19.3. The van der Waals surface area contributed by atoms with Crippen LogP contribution in [0.1, 0.15) is 25.0 Å². The van der Waals surface area contributed by atoms with Gasteiger partial charge in [-0.15, -0.1) is 0 Å². The van der Waals surface area contributed by atoms with Gasteiger partial charge in [0.05, 0.1) is 5.71 Å². The molecular weight excluding hydrogens is 348 g/mol. The highest BCUT2D eigenvalue weighted by molar-refractivity contribution is 6.13. The van der Waals surface area contributed by atoms with Gasteiger partial charge in [0.25, 0.3) is 0 Å². The van der Waals surface area contributed by atoms with Crippen molar-refractivity contribution in [3.8, 4) is 0 Å². The zero-order valence-electron chi connectivity index (χ0n) is 16.0. The second-order valence-electron chi connectivity index (χ2n) is 6.56. The monoisotopic (exact) mass is 372 g/mol. The largest absolute Gasteiger partial charge is 0.322 e. The molecule has 0 aliphatic heterocycles. The number of aliphatic imine (C=N–C) groups is 1. The van der Waals surface area contributed by atoms with Crippen LogP contribution in [0.3, 0.4) is 0 Å². The maximum atomic E-state index is 6.18. The molecule has 0 radical (unpaired) electrons. The van der Waals surface area contributed by atoms with Crippen molar-refractivity contribution >= 4 is 23.2 Å². The minimum atomic E-state index is 0.0631. The van der Waals surface area contributed by atoms with Crippen molar-refractivity contribution in [1.82, 2.24) is 4.98 Å². The lowest BCUT2D eigenvalue weighted by molar-refractivity contribution is 0.831. The average molecular weight is 372 g/mol. The molecule has 0 bridgehead atoms. The van der Waals surface area contributed by atoms with Gasteiger partial charge in [0.1, 0.15) is 5.84 Å². The van der Waals surface area contributed by atoms with Crippen LogP contribution < -0.4 is 16.7 Å². The quantitative estimate of drug-likeness (QED) is 0.308. The Kier molecular flexibility index (Phi) is 6.14. The van der Waals surface area contributed by atoms with Gasteiger partial charge < -0.3 is 5.84 Å². The zero-order valence-corrected chi connectivity index (χ0v) is 16.0. The normalized spacial score (nSPS) is 11.4. The Morgan fingerprint density at radius 2 is 1.43 bits per heavy atom. The highest BCUT2D eigenvalue weighted by Gasteiger charge is 2.15. The van der Waals surface area contributed by atoms with Crippen molar-refractivity contribution in [3.63, 3.8) is 0 Å². The predicted molar refractivity (Wildman–Crippen MR) is 116 cm³/mol. The van der Waals surface area contributed by atoms with Crippen LogP contribution in [0, 0.1) is 5.92 Å². The van der Waals surface area contributed by atoms with Crippen LogP contribution in [0.15, 0.2) is 89.0 Å². The summed E-state index contributed by atoms with van der Waals surface area (Å²) in [6.07, 6.45) is 0. The maximum Gasteiger partial charge on any atom is 0.155 e. The van der Waals surface area contributed by atoms with E-state index >= 15 is 0 Å². The van der Waals surface area contributed by atoms with Crippen molar-refractivity contribution in [3.05, 3.63) is 90.0 Å². The number of rotatable bonds is 5. The molecule has 6 nitrogen and oxygen atoms in total. The van der Waals surface area contributed by atoms with Gasteiger partial charge in [0.2, 0.25) is 0 Å². The number of hydrogen-bond donors (Lipinski definition) is 2. The molecule has 0 fully saturated rings. The first-order valence-corrected chi connectivity index (χ1v) is 9.09. The fourth-order valence-electron chi connectivity index (χ4n) is 2.82. The Bertz CT molecular complexity index is 923. The van der Waals surface area contributed by atoms with Crippen molar-refractivity contribution in [2.75, 3.05) is 5.01 Å². The van der Waals surface area contributed by atoms with E-state index in [1.807, 2.05) is 86.6 Å². The molecule has 0 saturated heterocycles. The fraction of sp³-hybridized carbons (Fsp3) is 0.136. The van der Waals surface area contributed by atoms with Crippen molar-refractivity contribution in [1.29, 1.82) is 0 Å². The minimum absolute atomic E-state index is 0.0631. The third-order valence-corrected chi connectivity index (χ3v) is 4.18. The Hall–Kier alpha value is -3.51. The van der Waals surface area contributed by atoms with Crippen LogP contribution in [0.2, 0.25) is 0 Å². The number of hydrazine groups is 1. The highest BCUT2D eigenvalue weighted by atomic mass is 15.5. The smallest absolute Gasteiger partial charge is 0.155 e. The molecular formula is C22H24N6. The van der Waals surface area contributed by atoms with Crippen LogP contribution >= 0.6 is 0 Å². The molecule has 0 atom stereocenters. The van der Waals surface area contributed by atoms with E-state index in [0.29, 0.717) is 17.5 Å². The van der Waals surface area contributed by atoms with Gasteiger partial charge in [-0.3, -0.25) is 0 Å². The summed E-state index contributed by atoms with van der Waals surface area (Å²) in [5.74, 6) is 13.4. The summed E-state index contributed by atoms with van der Waals surface area (Å²) >= 11 is 0. The number of anilines is 1. The summed E-state index contributed by atoms with van der Waals surface area (Å²) in [6.45, 7) is 3.94. The molecule has 0 saturated carbocycles. The molecule has 0 aliphatic carbocycles. The Balaban J connectivity index is 2.05. The summed E-state index contributed by atoms with van der Waals surface area (Å²) in [4.78, 5) is 9.42. The van der Waals surface area contributed by atoms with Crippen LogP contribution in [0.4, 0.5) is 11.6 Å². The van der Waals surface area contributed by atoms with E-state index in [4.69, 9.17) is 16.7 Å². The van der Waals surface area contributed by atoms with Crippen LogP contribution in [-0.2, 0) is 0 Å². The van der Waals surface area contributed by atoms with Crippen molar-refractivity contribution in [2.45, 2.75) is 13.8 Å². The molecule has 0 aliphatic rings. The summed E-state index contributed by atoms with van der Waals surface area (Å²) in [5, 5.41) is 5.19. The standard InChI is InChI=1S/C22H24N6/c1-16(2)22(27-23)28(24)20-15-9-14-19(25-20)26-21(17-10-5-3-6-11-17)18-12-7-4-8-13-18/h3-16H,23-24H2,1-2H3/b27-22-. The molecule has 2 aromatic carbocycles. The lowest BCUT2D eigenvalue weighted by Crippen LogP contribution is -2.41. The van der Waals surface area contributed by atoms with Gasteiger partial charge in [0.15, 0.2) is 11.6 Å². The number of benzene rings is 2. The van der Waals surface area contributed by atoms with Gasteiger partial charge in [0, 0.05) is 17.0 Å². The van der Waals surface area contributed by atoms with E-state index in [9.17, 15) is 0 Å². The molecule has 0 unspecified atom stereocenters. The summed E-state index contributed by atoms with van der Waals surface area (Å²) in [6, 6.07) is 25.6. The average Bonchev–Trinajstić information content (AvgIpc) is 2.73. The molecule has 6 heteroatoms. The van der Waals surface area contributed by atoms with Gasteiger partial charge in [-0.2, -0.15) is 5.10 Å². The van der Waals surface area contributed by atoms with Crippen LogP contribution in [-0.4, -0.2) is 16.5 Å². The topological polar surface area (TPSA) is 92.9 Å². The number of aromatic nitrogens is 1. The van der Waals surface area contributed by atoms with Gasteiger partial charge in [-0.05, 0) is 12.1 Å². The summed E-state index contributed by atoms with van der Waals surface area (Å²) in [7, 11) is 0. The SMILES string of the molecule is CC(C)/C(=N/N)N(N)c1cccc(N=C(c2ccccc2)c2ccccc2)n1. The molecule has 1 heterocycles. The third-order valence-electron chi connectivity index (χ3n) is 4.18. The van der Waals surface area contributed by atoms with Crippen molar-refractivity contribution < 1.29 is 0 Å². The number of nitrogens with two attached hydrogens (primary N) is 2.